The van der Waals surface area contributed by atoms with Gasteiger partial charge in [-0.1, -0.05) is 12.1 Å². The van der Waals surface area contributed by atoms with Crippen molar-refractivity contribution in [2.45, 2.75) is 33.2 Å². The van der Waals surface area contributed by atoms with Crippen LogP contribution in [0.25, 0.3) is 0 Å². The van der Waals surface area contributed by atoms with Crippen LogP contribution in [0.15, 0.2) is 12.1 Å². The second kappa shape index (κ2) is 5.25. The van der Waals surface area contributed by atoms with Crippen LogP contribution >= 0.6 is 0 Å². The predicted octanol–water partition coefficient (Wildman–Crippen LogP) is 2.31. The molecule has 3 nitrogen and oxygen atoms in total. The van der Waals surface area contributed by atoms with Crippen LogP contribution in [0.3, 0.4) is 0 Å². The lowest BCUT2D eigenvalue weighted by atomic mass is 9.88. The highest BCUT2D eigenvalue weighted by Crippen LogP contribution is 2.33. The fraction of sp³-hybridized carbons (Fsp3) is 0.600. The summed E-state index contributed by atoms with van der Waals surface area (Å²) < 4.78 is 23.3. The van der Waals surface area contributed by atoms with Crippen molar-refractivity contribution >= 4 is 9.84 Å². The van der Waals surface area contributed by atoms with Crippen molar-refractivity contribution in [3.05, 3.63) is 34.4 Å². The summed E-state index contributed by atoms with van der Waals surface area (Å²) in [6, 6.07) is 4.53. The van der Waals surface area contributed by atoms with E-state index in [0.717, 1.165) is 6.42 Å². The van der Waals surface area contributed by atoms with Crippen molar-refractivity contribution in [3.63, 3.8) is 0 Å². The Labute approximate surface area is 116 Å². The highest BCUT2D eigenvalue weighted by atomic mass is 32.2. The molecule has 1 saturated heterocycles. The molecule has 19 heavy (non-hydrogen) atoms. The van der Waals surface area contributed by atoms with E-state index in [1.54, 1.807) is 0 Å². The molecule has 106 valence electrons. The molecule has 1 aliphatic rings. The molecule has 0 radical (unpaired) electrons. The van der Waals surface area contributed by atoms with Crippen LogP contribution in [0.2, 0.25) is 0 Å². The maximum absolute atomic E-state index is 11.7. The Morgan fingerprint density at radius 1 is 1.16 bits per heavy atom. The maximum atomic E-state index is 11.7. The van der Waals surface area contributed by atoms with Gasteiger partial charge in [0.2, 0.25) is 0 Å². The summed E-state index contributed by atoms with van der Waals surface area (Å²) in [5, 5.41) is 3.32. The summed E-state index contributed by atoms with van der Waals surface area (Å²) >= 11 is 0. The lowest BCUT2D eigenvalue weighted by Gasteiger charge is -2.25. The molecule has 0 saturated carbocycles. The first-order valence-electron chi connectivity index (χ1n) is 6.79. The topological polar surface area (TPSA) is 46.2 Å². The van der Waals surface area contributed by atoms with Crippen LogP contribution in [0, 0.1) is 26.7 Å². The first-order valence-corrected chi connectivity index (χ1v) is 8.61. The van der Waals surface area contributed by atoms with E-state index in [1.165, 1.54) is 22.3 Å². The minimum Gasteiger partial charge on any atom is -0.313 e. The highest BCUT2D eigenvalue weighted by molar-refractivity contribution is 7.91. The summed E-state index contributed by atoms with van der Waals surface area (Å²) in [5.74, 6) is 0.834. The van der Waals surface area contributed by atoms with E-state index in [0.29, 0.717) is 11.5 Å². The number of nitrogens with one attached hydrogen (secondary N) is 1. The first-order chi connectivity index (χ1) is 8.84. The largest absolute Gasteiger partial charge is 0.313 e. The lowest BCUT2D eigenvalue weighted by molar-refractivity contribution is 0.417. The van der Waals surface area contributed by atoms with Crippen LogP contribution in [-0.2, 0) is 9.84 Å². The van der Waals surface area contributed by atoms with Crippen LogP contribution in [0.1, 0.15) is 34.7 Å². The number of hydrogen-bond donors (Lipinski definition) is 1. The van der Waals surface area contributed by atoms with Crippen molar-refractivity contribution < 1.29 is 8.42 Å². The van der Waals surface area contributed by atoms with Crippen LogP contribution in [0.4, 0.5) is 0 Å². The molecule has 0 aromatic heterocycles. The van der Waals surface area contributed by atoms with Gasteiger partial charge in [-0.2, -0.15) is 0 Å². The zero-order chi connectivity index (χ0) is 14.2. The Kier molecular flexibility index (Phi) is 4.02. The van der Waals surface area contributed by atoms with E-state index >= 15 is 0 Å². The molecule has 1 aliphatic heterocycles. The van der Waals surface area contributed by atoms with Gasteiger partial charge in [-0.05, 0) is 62.4 Å². The minimum absolute atomic E-state index is 0.136. The van der Waals surface area contributed by atoms with E-state index < -0.39 is 9.84 Å². The Morgan fingerprint density at radius 2 is 1.79 bits per heavy atom. The minimum atomic E-state index is -2.83. The maximum Gasteiger partial charge on any atom is 0.150 e. The van der Waals surface area contributed by atoms with Gasteiger partial charge in [0.05, 0.1) is 11.5 Å². The number of sulfone groups is 1. The monoisotopic (exact) mass is 281 g/mol. The van der Waals surface area contributed by atoms with Crippen molar-refractivity contribution in [1.29, 1.82) is 0 Å². The van der Waals surface area contributed by atoms with Gasteiger partial charge < -0.3 is 5.32 Å². The molecular formula is C15H23NO2S. The molecule has 1 fully saturated rings. The second-order valence-corrected chi connectivity index (χ2v) is 7.95. The van der Waals surface area contributed by atoms with Crippen molar-refractivity contribution in [2.75, 3.05) is 18.6 Å². The molecule has 2 rings (SSSR count). The number of benzene rings is 1. The van der Waals surface area contributed by atoms with Crippen molar-refractivity contribution in [1.82, 2.24) is 5.32 Å². The SMILES string of the molecule is CNC(c1cc(C)c(C)cc1C)C1CCS(=O)(=O)C1. The van der Waals surface area contributed by atoms with E-state index in [4.69, 9.17) is 0 Å². The lowest BCUT2D eigenvalue weighted by Crippen LogP contribution is -2.27. The summed E-state index contributed by atoms with van der Waals surface area (Å²) in [6.07, 6.45) is 0.764. The molecule has 1 N–H and O–H groups in total. The number of aryl methyl sites for hydroxylation is 3. The van der Waals surface area contributed by atoms with Gasteiger partial charge in [0.25, 0.3) is 0 Å². The van der Waals surface area contributed by atoms with Gasteiger partial charge in [0, 0.05) is 6.04 Å². The van der Waals surface area contributed by atoms with Gasteiger partial charge in [-0.3, -0.25) is 0 Å². The summed E-state index contributed by atoms with van der Waals surface area (Å²) in [6.45, 7) is 6.33. The molecule has 0 bridgehead atoms. The second-order valence-electron chi connectivity index (χ2n) is 5.72. The van der Waals surface area contributed by atoms with Gasteiger partial charge in [0.1, 0.15) is 0 Å². The highest BCUT2D eigenvalue weighted by Gasteiger charge is 2.34. The van der Waals surface area contributed by atoms with Crippen LogP contribution < -0.4 is 5.32 Å². The normalized spacial score (nSPS) is 23.5. The fourth-order valence-electron chi connectivity index (χ4n) is 3.05. The number of hydrogen-bond acceptors (Lipinski definition) is 3. The smallest absolute Gasteiger partial charge is 0.150 e. The van der Waals surface area contributed by atoms with E-state index in [2.05, 4.69) is 38.2 Å². The van der Waals surface area contributed by atoms with E-state index in [9.17, 15) is 8.42 Å². The molecule has 2 atom stereocenters. The summed E-state index contributed by atoms with van der Waals surface area (Å²) in [5.41, 5.74) is 5.04. The third-order valence-corrected chi connectivity index (χ3v) is 6.06. The Hall–Kier alpha value is -0.870. The third kappa shape index (κ3) is 3.00. The average Bonchev–Trinajstić information content (AvgIpc) is 2.67. The van der Waals surface area contributed by atoms with Crippen LogP contribution in [0.5, 0.6) is 0 Å². The Balaban J connectivity index is 2.35. The zero-order valence-electron chi connectivity index (χ0n) is 12.2. The van der Waals surface area contributed by atoms with Gasteiger partial charge in [-0.15, -0.1) is 0 Å². The first kappa shape index (κ1) is 14.5. The van der Waals surface area contributed by atoms with Crippen LogP contribution in [-0.4, -0.2) is 27.0 Å². The Morgan fingerprint density at radius 3 is 2.32 bits per heavy atom. The summed E-state index contributed by atoms with van der Waals surface area (Å²) in [7, 11) is -0.909. The van der Waals surface area contributed by atoms with E-state index in [1.807, 2.05) is 7.05 Å². The van der Waals surface area contributed by atoms with Gasteiger partial charge in [-0.25, -0.2) is 8.42 Å². The van der Waals surface area contributed by atoms with Gasteiger partial charge in [0.15, 0.2) is 9.84 Å². The molecule has 0 spiro atoms. The molecule has 0 aliphatic carbocycles. The molecular weight excluding hydrogens is 258 g/mol. The summed E-state index contributed by atoms with van der Waals surface area (Å²) in [4.78, 5) is 0. The molecule has 1 aromatic carbocycles. The zero-order valence-corrected chi connectivity index (χ0v) is 13.0. The molecule has 1 heterocycles. The van der Waals surface area contributed by atoms with Crippen molar-refractivity contribution in [3.8, 4) is 0 Å². The number of rotatable bonds is 3. The molecule has 1 aromatic rings. The molecule has 4 heteroatoms. The average molecular weight is 281 g/mol. The van der Waals surface area contributed by atoms with Crippen molar-refractivity contribution in [2.24, 2.45) is 5.92 Å². The third-order valence-electron chi connectivity index (χ3n) is 4.27. The predicted molar refractivity (Wildman–Crippen MR) is 79.2 cm³/mol. The fourth-order valence-corrected chi connectivity index (χ4v) is 4.89. The molecule has 0 amide bonds. The standard InChI is InChI=1S/C15H23NO2S/c1-10-7-12(3)14(8-11(10)2)15(16-4)13-5-6-19(17,18)9-13/h7-8,13,15-16H,5-6,9H2,1-4H3. The molecule has 2 unspecified atom stereocenters. The Bertz CT molecular complexity index is 578. The van der Waals surface area contributed by atoms with E-state index in [-0.39, 0.29) is 12.0 Å². The quantitative estimate of drug-likeness (QED) is 0.925. The van der Waals surface area contributed by atoms with Gasteiger partial charge >= 0.3 is 0 Å².